The first-order valence-electron chi connectivity index (χ1n) is 15.0. The van der Waals surface area contributed by atoms with Gasteiger partial charge in [0.15, 0.2) is 5.82 Å². The van der Waals surface area contributed by atoms with Crippen molar-refractivity contribution in [2.24, 2.45) is 0 Å². The van der Waals surface area contributed by atoms with Crippen molar-refractivity contribution in [2.75, 3.05) is 18.8 Å². The molecule has 1 aliphatic carbocycles. The highest BCUT2D eigenvalue weighted by Crippen LogP contribution is 2.43. The standard InChI is InChI=1S/C35H41N5O/c1-21-9-14-32(38-35(21)40-34(36)22(2)20-37-40)31-8-6-7-27-10-11-29(33(27)31)19-28-12-13-30(24(4)23(28)3)26-15-17-39(18-16-26)25(5)41/h6-9,12-14,20,26,29H,10-11,15-19,36H2,1-5H3. The Kier molecular flexibility index (Phi) is 7.18. The highest BCUT2D eigenvalue weighted by Gasteiger charge is 2.29. The number of carbonyl (C=O) groups excluding carboxylic acids is 1. The van der Waals surface area contributed by atoms with Crippen LogP contribution in [0.25, 0.3) is 17.1 Å². The third-order valence-corrected chi connectivity index (χ3v) is 9.70. The Labute approximate surface area is 243 Å². The molecule has 0 bridgehead atoms. The van der Waals surface area contributed by atoms with Crippen LogP contribution in [0.2, 0.25) is 0 Å². The number of aryl methyl sites for hydroxylation is 3. The molecule has 2 aromatic heterocycles. The first-order valence-corrected chi connectivity index (χ1v) is 15.0. The Hall–Kier alpha value is -3.93. The summed E-state index contributed by atoms with van der Waals surface area (Å²) in [6, 6.07) is 15.7. The Morgan fingerprint density at radius 2 is 1.73 bits per heavy atom. The van der Waals surface area contributed by atoms with Crippen LogP contribution in [0, 0.1) is 27.7 Å². The van der Waals surface area contributed by atoms with E-state index in [4.69, 9.17) is 10.7 Å². The monoisotopic (exact) mass is 547 g/mol. The lowest BCUT2D eigenvalue weighted by Crippen LogP contribution is -2.36. The molecular formula is C35H41N5O. The predicted octanol–water partition coefficient (Wildman–Crippen LogP) is 6.75. The number of piperidine rings is 1. The second-order valence-electron chi connectivity index (χ2n) is 12.1. The zero-order valence-electron chi connectivity index (χ0n) is 25.0. The fourth-order valence-electron chi connectivity index (χ4n) is 7.04. The van der Waals surface area contributed by atoms with Crippen LogP contribution in [0.1, 0.15) is 82.5 Å². The number of hydrogen-bond donors (Lipinski definition) is 1. The smallest absolute Gasteiger partial charge is 0.219 e. The maximum Gasteiger partial charge on any atom is 0.219 e. The van der Waals surface area contributed by atoms with E-state index in [9.17, 15) is 4.79 Å². The SMILES string of the molecule is CC(=O)N1CCC(c2ccc(CC3CCc4cccc(-c5ccc(C)c(-n6ncc(C)c6N)n5)c43)c(C)c2C)CC1. The Morgan fingerprint density at radius 1 is 0.951 bits per heavy atom. The first-order chi connectivity index (χ1) is 19.7. The van der Waals surface area contributed by atoms with E-state index in [0.29, 0.717) is 17.7 Å². The average molecular weight is 548 g/mol. The molecule has 6 nitrogen and oxygen atoms in total. The van der Waals surface area contributed by atoms with Crippen LogP contribution in [0.4, 0.5) is 5.82 Å². The number of rotatable bonds is 5. The molecule has 1 unspecified atom stereocenters. The summed E-state index contributed by atoms with van der Waals surface area (Å²) in [5, 5.41) is 4.51. The highest BCUT2D eigenvalue weighted by atomic mass is 16.2. The summed E-state index contributed by atoms with van der Waals surface area (Å²) in [5.74, 6) is 2.60. The topological polar surface area (TPSA) is 77.0 Å². The second-order valence-corrected chi connectivity index (χ2v) is 12.1. The van der Waals surface area contributed by atoms with E-state index >= 15 is 0 Å². The average Bonchev–Trinajstić information content (AvgIpc) is 3.54. The van der Waals surface area contributed by atoms with Gasteiger partial charge in [0.25, 0.3) is 0 Å². The number of nitrogen functional groups attached to an aromatic ring is 1. The van der Waals surface area contributed by atoms with Crippen molar-refractivity contribution < 1.29 is 4.79 Å². The first kappa shape index (κ1) is 27.3. The van der Waals surface area contributed by atoms with Gasteiger partial charge in [0, 0.05) is 31.1 Å². The van der Waals surface area contributed by atoms with Gasteiger partial charge in [-0.15, -0.1) is 0 Å². The van der Waals surface area contributed by atoms with Crippen molar-refractivity contribution >= 4 is 11.7 Å². The second kappa shape index (κ2) is 10.8. The quantitative estimate of drug-likeness (QED) is 0.300. The Bertz CT molecular complexity index is 1630. The van der Waals surface area contributed by atoms with Crippen LogP contribution < -0.4 is 5.73 Å². The molecule has 212 valence electrons. The molecule has 41 heavy (non-hydrogen) atoms. The zero-order chi connectivity index (χ0) is 28.8. The van der Waals surface area contributed by atoms with Gasteiger partial charge < -0.3 is 10.6 Å². The number of nitrogens with zero attached hydrogens (tertiary/aromatic N) is 4. The lowest BCUT2D eigenvalue weighted by Gasteiger charge is -2.32. The van der Waals surface area contributed by atoms with E-state index in [2.05, 4.69) is 68.3 Å². The molecule has 1 fully saturated rings. The molecule has 6 heteroatoms. The Morgan fingerprint density at radius 3 is 2.44 bits per heavy atom. The van der Waals surface area contributed by atoms with E-state index in [1.54, 1.807) is 17.8 Å². The van der Waals surface area contributed by atoms with Crippen molar-refractivity contribution in [3.63, 3.8) is 0 Å². The van der Waals surface area contributed by atoms with E-state index in [-0.39, 0.29) is 5.91 Å². The Balaban J connectivity index is 1.29. The van der Waals surface area contributed by atoms with Crippen LogP contribution in [-0.2, 0) is 17.6 Å². The van der Waals surface area contributed by atoms with Gasteiger partial charge in [0.1, 0.15) is 5.82 Å². The number of aromatic nitrogens is 3. The number of amides is 1. The van der Waals surface area contributed by atoms with Crippen LogP contribution >= 0.6 is 0 Å². The zero-order valence-corrected chi connectivity index (χ0v) is 25.0. The molecular weight excluding hydrogens is 506 g/mol. The van der Waals surface area contributed by atoms with E-state index in [1.165, 1.54) is 38.9 Å². The molecule has 2 N–H and O–H groups in total. The van der Waals surface area contributed by atoms with Crippen molar-refractivity contribution in [3.05, 3.63) is 93.2 Å². The number of carbonyl (C=O) groups is 1. The minimum absolute atomic E-state index is 0.195. The van der Waals surface area contributed by atoms with Crippen LogP contribution in [-0.4, -0.2) is 38.7 Å². The van der Waals surface area contributed by atoms with Gasteiger partial charge in [-0.05, 0) is 117 Å². The molecule has 0 saturated carbocycles. The van der Waals surface area contributed by atoms with E-state index < -0.39 is 0 Å². The molecule has 4 aromatic rings. The lowest BCUT2D eigenvalue weighted by molar-refractivity contribution is -0.129. The fourth-order valence-corrected chi connectivity index (χ4v) is 7.04. The molecule has 0 spiro atoms. The van der Waals surface area contributed by atoms with E-state index in [1.807, 2.05) is 11.8 Å². The summed E-state index contributed by atoms with van der Waals surface area (Å²) < 4.78 is 1.76. The number of nitrogens with two attached hydrogens (primary N) is 1. The van der Waals surface area contributed by atoms with Crippen LogP contribution in [0.15, 0.2) is 48.7 Å². The molecule has 3 heterocycles. The van der Waals surface area contributed by atoms with Gasteiger partial charge in [-0.1, -0.05) is 36.4 Å². The van der Waals surface area contributed by atoms with Gasteiger partial charge in [0.2, 0.25) is 5.91 Å². The van der Waals surface area contributed by atoms with E-state index in [0.717, 1.165) is 67.8 Å². The summed E-state index contributed by atoms with van der Waals surface area (Å²) in [6.45, 7) is 12.0. The maximum atomic E-state index is 11.8. The number of benzene rings is 2. The minimum atomic E-state index is 0.195. The predicted molar refractivity (Wildman–Crippen MR) is 166 cm³/mol. The molecule has 2 aromatic carbocycles. The third kappa shape index (κ3) is 4.94. The maximum absolute atomic E-state index is 11.8. The molecule has 1 aliphatic heterocycles. The molecule has 1 amide bonds. The van der Waals surface area contributed by atoms with Crippen molar-refractivity contribution in [1.29, 1.82) is 0 Å². The van der Waals surface area contributed by atoms with Gasteiger partial charge in [-0.2, -0.15) is 9.78 Å². The number of likely N-dealkylation sites (tertiary alicyclic amines) is 1. The molecule has 0 radical (unpaired) electrons. The number of pyridine rings is 1. The van der Waals surface area contributed by atoms with Crippen LogP contribution in [0.5, 0.6) is 0 Å². The molecule has 1 saturated heterocycles. The van der Waals surface area contributed by atoms with Crippen molar-refractivity contribution in [1.82, 2.24) is 19.7 Å². The van der Waals surface area contributed by atoms with Gasteiger partial charge >= 0.3 is 0 Å². The summed E-state index contributed by atoms with van der Waals surface area (Å²) >= 11 is 0. The number of hydrogen-bond acceptors (Lipinski definition) is 4. The number of anilines is 1. The van der Waals surface area contributed by atoms with Crippen molar-refractivity contribution in [2.45, 2.75) is 78.6 Å². The molecule has 2 aliphatic rings. The summed E-state index contributed by atoms with van der Waals surface area (Å²) in [4.78, 5) is 18.9. The summed E-state index contributed by atoms with van der Waals surface area (Å²) in [7, 11) is 0. The van der Waals surface area contributed by atoms with Crippen LogP contribution in [0.3, 0.4) is 0 Å². The lowest BCUT2D eigenvalue weighted by atomic mass is 9.82. The highest BCUT2D eigenvalue weighted by molar-refractivity contribution is 5.73. The van der Waals surface area contributed by atoms with Gasteiger partial charge in [-0.3, -0.25) is 4.79 Å². The largest absolute Gasteiger partial charge is 0.383 e. The fraction of sp³-hybridized carbons (Fsp3) is 0.400. The molecule has 1 atom stereocenters. The minimum Gasteiger partial charge on any atom is -0.383 e. The normalized spacial score (nSPS) is 17.2. The molecule has 6 rings (SSSR count). The number of fused-ring (bicyclic) bond motifs is 1. The summed E-state index contributed by atoms with van der Waals surface area (Å²) in [5.41, 5.74) is 19.2. The van der Waals surface area contributed by atoms with Gasteiger partial charge in [0.05, 0.1) is 11.9 Å². The van der Waals surface area contributed by atoms with Gasteiger partial charge in [-0.25, -0.2) is 4.98 Å². The summed E-state index contributed by atoms with van der Waals surface area (Å²) in [6.07, 6.45) is 7.18. The third-order valence-electron chi connectivity index (χ3n) is 9.70. The van der Waals surface area contributed by atoms with Crippen molar-refractivity contribution in [3.8, 4) is 17.1 Å².